The van der Waals surface area contributed by atoms with Gasteiger partial charge in [-0.2, -0.15) is 0 Å². The Hall–Kier alpha value is -0.830. The van der Waals surface area contributed by atoms with Gasteiger partial charge in [0.25, 0.3) is 0 Å². The maximum atomic E-state index is 5.54. The average Bonchev–Trinajstić information content (AvgIpc) is 3.02. The Labute approximate surface area is 169 Å². The van der Waals surface area contributed by atoms with Gasteiger partial charge in [-0.05, 0) is 40.0 Å². The van der Waals surface area contributed by atoms with Crippen LogP contribution in [0.3, 0.4) is 0 Å². The van der Waals surface area contributed by atoms with Crippen molar-refractivity contribution in [3.8, 4) is 0 Å². The molecule has 146 valence electrons. The summed E-state index contributed by atoms with van der Waals surface area (Å²) in [5, 5.41) is 10.7. The fourth-order valence-corrected chi connectivity index (χ4v) is 2.40. The van der Waals surface area contributed by atoms with E-state index in [2.05, 4.69) is 41.6 Å². The Morgan fingerprint density at radius 3 is 2.56 bits per heavy atom. The van der Waals surface area contributed by atoms with Crippen molar-refractivity contribution in [1.82, 2.24) is 15.8 Å². The van der Waals surface area contributed by atoms with E-state index >= 15 is 0 Å². The summed E-state index contributed by atoms with van der Waals surface area (Å²) < 4.78 is 11.0. The molecule has 7 heteroatoms. The fraction of sp³-hybridized carbons (Fsp3) is 0.778. The molecule has 0 fully saturated rings. The number of hydrogen-bond donors (Lipinski definition) is 2. The zero-order chi connectivity index (χ0) is 17.8. The zero-order valence-corrected chi connectivity index (χ0v) is 18.6. The molecule has 0 amide bonds. The van der Waals surface area contributed by atoms with Crippen LogP contribution in [-0.4, -0.2) is 36.9 Å². The first-order chi connectivity index (χ1) is 11.6. The third-order valence-electron chi connectivity index (χ3n) is 3.78. The lowest BCUT2D eigenvalue weighted by Crippen LogP contribution is -2.38. The van der Waals surface area contributed by atoms with Crippen LogP contribution in [0, 0.1) is 0 Å². The van der Waals surface area contributed by atoms with Gasteiger partial charge in [-0.3, -0.25) is 0 Å². The summed E-state index contributed by atoms with van der Waals surface area (Å²) in [5.74, 6) is 2.07. The van der Waals surface area contributed by atoms with Crippen LogP contribution in [0.5, 0.6) is 0 Å². The molecule has 0 aliphatic heterocycles. The van der Waals surface area contributed by atoms with Gasteiger partial charge in [0.1, 0.15) is 6.54 Å². The lowest BCUT2D eigenvalue weighted by molar-refractivity contribution is 0.0776. The summed E-state index contributed by atoms with van der Waals surface area (Å²) in [7, 11) is 0. The first-order valence-corrected chi connectivity index (χ1v) is 9.19. The molecule has 0 saturated heterocycles. The standard InChI is InChI=1S/C18H34N4O2.HI/c1-6-15(7-2)17-12-16(24-22-17)13-21-18(19-8-3)20-10-9-11-23-14(4)5;/h12,14-15H,6-11,13H2,1-5H3,(H2,19,20,21);1H. The van der Waals surface area contributed by atoms with Gasteiger partial charge in [0, 0.05) is 31.7 Å². The van der Waals surface area contributed by atoms with Gasteiger partial charge in [-0.1, -0.05) is 19.0 Å². The number of halogens is 1. The van der Waals surface area contributed by atoms with Gasteiger partial charge < -0.3 is 19.9 Å². The van der Waals surface area contributed by atoms with Crippen LogP contribution < -0.4 is 10.6 Å². The van der Waals surface area contributed by atoms with Crippen LogP contribution in [0.2, 0.25) is 0 Å². The smallest absolute Gasteiger partial charge is 0.191 e. The lowest BCUT2D eigenvalue weighted by atomic mass is 9.99. The van der Waals surface area contributed by atoms with Crippen LogP contribution in [0.15, 0.2) is 15.6 Å². The normalized spacial score (nSPS) is 11.7. The molecule has 2 N–H and O–H groups in total. The Kier molecular flexibility index (Phi) is 13.9. The van der Waals surface area contributed by atoms with E-state index in [1.54, 1.807) is 0 Å². The van der Waals surface area contributed by atoms with E-state index in [1.807, 2.05) is 19.9 Å². The molecule has 6 nitrogen and oxygen atoms in total. The van der Waals surface area contributed by atoms with Gasteiger partial charge in [-0.15, -0.1) is 24.0 Å². The molecule has 1 aromatic rings. The van der Waals surface area contributed by atoms with Crippen molar-refractivity contribution in [3.05, 3.63) is 17.5 Å². The Morgan fingerprint density at radius 2 is 1.96 bits per heavy atom. The second kappa shape index (κ2) is 14.4. The van der Waals surface area contributed by atoms with Crippen LogP contribution in [-0.2, 0) is 11.3 Å². The quantitative estimate of drug-likeness (QED) is 0.223. The maximum Gasteiger partial charge on any atom is 0.191 e. The number of nitrogens with zero attached hydrogens (tertiary/aromatic N) is 2. The van der Waals surface area contributed by atoms with E-state index in [4.69, 9.17) is 9.26 Å². The first-order valence-electron chi connectivity index (χ1n) is 9.19. The summed E-state index contributed by atoms with van der Waals surface area (Å²) in [6.45, 7) is 13.4. The minimum absolute atomic E-state index is 0. The highest BCUT2D eigenvalue weighted by Gasteiger charge is 2.12. The molecular formula is C18H35IN4O2. The molecule has 1 heterocycles. The molecule has 0 unspecified atom stereocenters. The molecule has 0 aromatic carbocycles. The Balaban J connectivity index is 0.00000576. The van der Waals surface area contributed by atoms with Crippen molar-refractivity contribution in [2.75, 3.05) is 19.7 Å². The molecule has 0 spiro atoms. The topological polar surface area (TPSA) is 71.7 Å². The van der Waals surface area contributed by atoms with E-state index in [0.29, 0.717) is 12.5 Å². The largest absolute Gasteiger partial charge is 0.379 e. The Morgan fingerprint density at radius 1 is 1.24 bits per heavy atom. The summed E-state index contributed by atoms with van der Waals surface area (Å²) in [4.78, 5) is 4.56. The number of aliphatic imine (C=N–C) groups is 1. The number of nitrogens with one attached hydrogen (secondary N) is 2. The number of guanidine groups is 1. The highest BCUT2D eigenvalue weighted by atomic mass is 127. The van der Waals surface area contributed by atoms with Crippen molar-refractivity contribution in [3.63, 3.8) is 0 Å². The second-order valence-corrected chi connectivity index (χ2v) is 6.13. The monoisotopic (exact) mass is 466 g/mol. The molecule has 0 atom stereocenters. The summed E-state index contributed by atoms with van der Waals surface area (Å²) >= 11 is 0. The second-order valence-electron chi connectivity index (χ2n) is 6.13. The van der Waals surface area contributed by atoms with Crippen LogP contribution in [0.25, 0.3) is 0 Å². The predicted octanol–water partition coefficient (Wildman–Crippen LogP) is 4.07. The third kappa shape index (κ3) is 10.0. The molecular weight excluding hydrogens is 431 g/mol. The summed E-state index contributed by atoms with van der Waals surface area (Å²) in [6, 6.07) is 2.03. The van der Waals surface area contributed by atoms with Crippen molar-refractivity contribution in [2.24, 2.45) is 4.99 Å². The van der Waals surface area contributed by atoms with Gasteiger partial charge in [0.15, 0.2) is 11.7 Å². The highest BCUT2D eigenvalue weighted by molar-refractivity contribution is 14.0. The molecule has 0 bridgehead atoms. The molecule has 1 rings (SSSR count). The van der Waals surface area contributed by atoms with E-state index in [9.17, 15) is 0 Å². The fourth-order valence-electron chi connectivity index (χ4n) is 2.40. The molecule has 0 aliphatic carbocycles. The summed E-state index contributed by atoms with van der Waals surface area (Å²) in [6.07, 6.45) is 3.38. The van der Waals surface area contributed by atoms with E-state index in [0.717, 1.165) is 56.4 Å². The van der Waals surface area contributed by atoms with E-state index < -0.39 is 0 Å². The van der Waals surface area contributed by atoms with Crippen molar-refractivity contribution >= 4 is 29.9 Å². The van der Waals surface area contributed by atoms with E-state index in [1.165, 1.54) is 0 Å². The number of rotatable bonds is 11. The predicted molar refractivity (Wildman–Crippen MR) is 114 cm³/mol. The SMILES string of the molecule is CCNC(=NCc1cc(C(CC)CC)no1)NCCCOC(C)C.I. The van der Waals surface area contributed by atoms with Gasteiger partial charge >= 0.3 is 0 Å². The highest BCUT2D eigenvalue weighted by Crippen LogP contribution is 2.22. The average molecular weight is 466 g/mol. The van der Waals surface area contributed by atoms with Crippen LogP contribution in [0.4, 0.5) is 0 Å². The zero-order valence-electron chi connectivity index (χ0n) is 16.3. The van der Waals surface area contributed by atoms with Crippen molar-refractivity contribution in [1.29, 1.82) is 0 Å². The van der Waals surface area contributed by atoms with Crippen molar-refractivity contribution in [2.45, 2.75) is 72.4 Å². The first kappa shape index (κ1) is 24.2. The Bertz CT molecular complexity index is 473. The lowest BCUT2D eigenvalue weighted by Gasteiger charge is -2.11. The van der Waals surface area contributed by atoms with Crippen molar-refractivity contribution < 1.29 is 9.26 Å². The van der Waals surface area contributed by atoms with Gasteiger partial charge in [-0.25, -0.2) is 4.99 Å². The van der Waals surface area contributed by atoms with E-state index in [-0.39, 0.29) is 30.1 Å². The summed E-state index contributed by atoms with van der Waals surface area (Å²) in [5.41, 5.74) is 1.04. The molecule has 25 heavy (non-hydrogen) atoms. The molecule has 1 aromatic heterocycles. The molecule has 0 saturated carbocycles. The maximum absolute atomic E-state index is 5.54. The number of hydrogen-bond acceptors (Lipinski definition) is 4. The number of aromatic nitrogens is 1. The van der Waals surface area contributed by atoms with Crippen LogP contribution in [0.1, 0.15) is 71.3 Å². The van der Waals surface area contributed by atoms with Gasteiger partial charge in [0.2, 0.25) is 0 Å². The molecule has 0 aliphatic rings. The minimum Gasteiger partial charge on any atom is -0.379 e. The third-order valence-corrected chi connectivity index (χ3v) is 3.78. The van der Waals surface area contributed by atoms with Crippen LogP contribution >= 0.6 is 24.0 Å². The minimum atomic E-state index is 0. The van der Waals surface area contributed by atoms with Gasteiger partial charge in [0.05, 0.1) is 11.8 Å². The number of ether oxygens (including phenoxy) is 1. The molecule has 0 radical (unpaired) electrons.